The minimum atomic E-state index is -0.285. The Bertz CT molecular complexity index is 808. The third kappa shape index (κ3) is 4.90. The predicted octanol–water partition coefficient (Wildman–Crippen LogP) is 4.78. The molecule has 1 N–H and O–H groups in total. The maximum absolute atomic E-state index is 12.1. The minimum Gasteiger partial charge on any atom is -0.495 e. The summed E-state index contributed by atoms with van der Waals surface area (Å²) in [5.41, 5.74) is 1.36. The largest absolute Gasteiger partial charge is 0.495 e. The van der Waals surface area contributed by atoms with Crippen molar-refractivity contribution in [3.8, 4) is 17.2 Å². The van der Waals surface area contributed by atoms with Crippen LogP contribution in [0.1, 0.15) is 5.56 Å². The van der Waals surface area contributed by atoms with E-state index < -0.39 is 0 Å². The molecule has 0 fully saturated rings. The average molecular weight is 427 g/mol. The first-order valence-electron chi connectivity index (χ1n) is 7.22. The molecule has 2 rings (SSSR count). The predicted molar refractivity (Wildman–Crippen MR) is 103 cm³/mol. The summed E-state index contributed by atoms with van der Waals surface area (Å²) >= 11 is 9.46. The van der Waals surface area contributed by atoms with Crippen LogP contribution in [0.25, 0.3) is 6.08 Å². The molecule has 25 heavy (non-hydrogen) atoms. The lowest BCUT2D eigenvalue weighted by atomic mass is 10.2. The van der Waals surface area contributed by atoms with Crippen LogP contribution in [0.3, 0.4) is 0 Å². The lowest BCUT2D eigenvalue weighted by Gasteiger charge is -2.10. The first-order valence-corrected chi connectivity index (χ1v) is 8.39. The molecule has 0 spiro atoms. The zero-order chi connectivity index (χ0) is 18.4. The van der Waals surface area contributed by atoms with Crippen molar-refractivity contribution in [1.82, 2.24) is 0 Å². The van der Waals surface area contributed by atoms with E-state index in [0.717, 1.165) is 10.0 Å². The molecule has 0 atom stereocenters. The molecule has 2 aromatic carbocycles. The topological polar surface area (TPSA) is 56.8 Å². The van der Waals surface area contributed by atoms with E-state index in [1.807, 2.05) is 6.07 Å². The Hall–Kier alpha value is -2.18. The fourth-order valence-corrected chi connectivity index (χ4v) is 3.01. The van der Waals surface area contributed by atoms with Gasteiger partial charge in [-0.05, 0) is 57.9 Å². The number of ether oxygens (including phenoxy) is 3. The second-order valence-electron chi connectivity index (χ2n) is 4.91. The first kappa shape index (κ1) is 19.1. The summed E-state index contributed by atoms with van der Waals surface area (Å²) < 4.78 is 16.3. The van der Waals surface area contributed by atoms with Gasteiger partial charge >= 0.3 is 0 Å². The number of nitrogens with one attached hydrogen (secondary N) is 1. The van der Waals surface area contributed by atoms with Gasteiger partial charge in [0, 0.05) is 11.8 Å². The molecular weight excluding hydrogens is 410 g/mol. The van der Waals surface area contributed by atoms with Crippen LogP contribution in [0.2, 0.25) is 5.02 Å². The number of carbonyl (C=O) groups excluding carboxylic acids is 1. The Kier molecular flexibility index (Phi) is 6.73. The van der Waals surface area contributed by atoms with E-state index in [4.69, 9.17) is 25.8 Å². The molecule has 2 aromatic rings. The highest BCUT2D eigenvalue weighted by molar-refractivity contribution is 9.10. The van der Waals surface area contributed by atoms with Gasteiger partial charge in [0.25, 0.3) is 0 Å². The Balaban J connectivity index is 2.12. The zero-order valence-electron chi connectivity index (χ0n) is 13.9. The number of hydrogen-bond acceptors (Lipinski definition) is 4. The Morgan fingerprint density at radius 2 is 1.80 bits per heavy atom. The van der Waals surface area contributed by atoms with Crippen molar-refractivity contribution in [2.24, 2.45) is 0 Å². The molecule has 0 saturated heterocycles. The van der Waals surface area contributed by atoms with Gasteiger partial charge in [0.05, 0.1) is 30.8 Å². The van der Waals surface area contributed by atoms with Gasteiger partial charge in [-0.2, -0.15) is 0 Å². The van der Waals surface area contributed by atoms with Crippen molar-refractivity contribution < 1.29 is 19.0 Å². The van der Waals surface area contributed by atoms with Gasteiger partial charge in [0.1, 0.15) is 5.75 Å². The number of anilines is 1. The number of hydrogen-bond donors (Lipinski definition) is 1. The number of amides is 1. The van der Waals surface area contributed by atoms with Crippen molar-refractivity contribution in [3.05, 3.63) is 51.5 Å². The molecule has 0 heterocycles. The summed E-state index contributed by atoms with van der Waals surface area (Å²) in [6.07, 6.45) is 3.10. The molecule has 5 nitrogen and oxygen atoms in total. The molecule has 0 aliphatic carbocycles. The maximum Gasteiger partial charge on any atom is 0.248 e. The molecule has 0 bridgehead atoms. The zero-order valence-corrected chi connectivity index (χ0v) is 16.3. The van der Waals surface area contributed by atoms with Gasteiger partial charge in [0.2, 0.25) is 5.91 Å². The highest BCUT2D eigenvalue weighted by Gasteiger charge is 2.09. The van der Waals surface area contributed by atoms with Crippen LogP contribution >= 0.6 is 27.5 Å². The van der Waals surface area contributed by atoms with Crippen molar-refractivity contribution in [2.75, 3.05) is 26.6 Å². The van der Waals surface area contributed by atoms with Crippen LogP contribution in [-0.4, -0.2) is 27.2 Å². The molecular formula is C18H17BrClNO4. The third-order valence-electron chi connectivity index (χ3n) is 3.30. The van der Waals surface area contributed by atoms with Crippen LogP contribution in [-0.2, 0) is 4.79 Å². The fraction of sp³-hybridized carbons (Fsp3) is 0.167. The van der Waals surface area contributed by atoms with Crippen molar-refractivity contribution in [1.29, 1.82) is 0 Å². The number of benzene rings is 2. The SMILES string of the molecule is COc1ccc(NC(=O)/C=C/c2cc(Br)c(OC)c(OC)c2)cc1Cl. The summed E-state index contributed by atoms with van der Waals surface area (Å²) in [5.74, 6) is 1.42. The maximum atomic E-state index is 12.1. The number of carbonyl (C=O) groups is 1. The smallest absolute Gasteiger partial charge is 0.248 e. The van der Waals surface area contributed by atoms with E-state index in [1.165, 1.54) is 13.2 Å². The highest BCUT2D eigenvalue weighted by Crippen LogP contribution is 2.36. The van der Waals surface area contributed by atoms with Crippen LogP contribution in [0.15, 0.2) is 40.9 Å². The molecule has 0 aliphatic rings. The molecule has 132 valence electrons. The van der Waals surface area contributed by atoms with Crippen LogP contribution in [0.5, 0.6) is 17.2 Å². The van der Waals surface area contributed by atoms with E-state index >= 15 is 0 Å². The van der Waals surface area contributed by atoms with Crippen molar-refractivity contribution in [2.45, 2.75) is 0 Å². The van der Waals surface area contributed by atoms with Gasteiger partial charge in [-0.3, -0.25) is 4.79 Å². The first-order chi connectivity index (χ1) is 12.0. The fourth-order valence-electron chi connectivity index (χ4n) is 2.13. The molecule has 7 heteroatoms. The number of rotatable bonds is 6. The van der Waals surface area contributed by atoms with E-state index in [9.17, 15) is 4.79 Å². The second kappa shape index (κ2) is 8.78. The number of methoxy groups -OCH3 is 3. The summed E-state index contributed by atoms with van der Waals surface area (Å²) in [6, 6.07) is 8.63. The van der Waals surface area contributed by atoms with Gasteiger partial charge in [-0.25, -0.2) is 0 Å². The van der Waals surface area contributed by atoms with E-state index in [2.05, 4.69) is 21.2 Å². The standard InChI is InChI=1S/C18H17BrClNO4/c1-23-15-6-5-12(10-14(15)20)21-17(22)7-4-11-8-13(19)18(25-3)16(9-11)24-2/h4-10H,1-3H3,(H,21,22)/b7-4+. The second-order valence-corrected chi connectivity index (χ2v) is 6.17. The van der Waals surface area contributed by atoms with E-state index in [-0.39, 0.29) is 5.91 Å². The molecule has 0 saturated carbocycles. The summed E-state index contributed by atoms with van der Waals surface area (Å²) in [6.45, 7) is 0. The van der Waals surface area contributed by atoms with Gasteiger partial charge < -0.3 is 19.5 Å². The van der Waals surface area contributed by atoms with Gasteiger partial charge in [-0.1, -0.05) is 11.6 Å². The molecule has 0 unspecified atom stereocenters. The summed E-state index contributed by atoms with van der Waals surface area (Å²) in [5, 5.41) is 3.16. The average Bonchev–Trinajstić information content (AvgIpc) is 2.59. The third-order valence-corrected chi connectivity index (χ3v) is 4.19. The molecule has 1 amide bonds. The Labute approximate surface area is 159 Å². The molecule has 0 aromatic heterocycles. The molecule has 0 radical (unpaired) electrons. The van der Waals surface area contributed by atoms with Crippen molar-refractivity contribution in [3.63, 3.8) is 0 Å². The minimum absolute atomic E-state index is 0.285. The number of halogens is 2. The summed E-state index contributed by atoms with van der Waals surface area (Å²) in [4.78, 5) is 12.1. The Morgan fingerprint density at radius 1 is 1.08 bits per heavy atom. The lowest BCUT2D eigenvalue weighted by molar-refractivity contribution is -0.111. The van der Waals surface area contributed by atoms with Crippen LogP contribution in [0.4, 0.5) is 5.69 Å². The monoisotopic (exact) mass is 425 g/mol. The summed E-state index contributed by atoms with van der Waals surface area (Å²) in [7, 11) is 4.65. The Morgan fingerprint density at radius 3 is 2.40 bits per heavy atom. The van der Waals surface area contributed by atoms with E-state index in [0.29, 0.717) is 28.0 Å². The van der Waals surface area contributed by atoms with Gasteiger partial charge in [-0.15, -0.1) is 0 Å². The van der Waals surface area contributed by atoms with E-state index in [1.54, 1.807) is 44.6 Å². The van der Waals surface area contributed by atoms with Crippen LogP contribution < -0.4 is 19.5 Å². The van der Waals surface area contributed by atoms with Gasteiger partial charge in [0.15, 0.2) is 11.5 Å². The van der Waals surface area contributed by atoms with Crippen molar-refractivity contribution >= 4 is 45.2 Å². The quantitative estimate of drug-likeness (QED) is 0.675. The highest BCUT2D eigenvalue weighted by atomic mass is 79.9. The van der Waals surface area contributed by atoms with Crippen LogP contribution in [0, 0.1) is 0 Å². The molecule has 0 aliphatic heterocycles. The lowest BCUT2D eigenvalue weighted by Crippen LogP contribution is -2.07. The normalized spacial score (nSPS) is 10.6.